The van der Waals surface area contributed by atoms with Crippen molar-refractivity contribution >= 4 is 33.5 Å². The van der Waals surface area contributed by atoms with Crippen LogP contribution >= 0.6 is 27.7 Å². The molecule has 0 aliphatic heterocycles. The summed E-state index contributed by atoms with van der Waals surface area (Å²) in [6.45, 7) is 6.52. The van der Waals surface area contributed by atoms with Crippen LogP contribution in [0.3, 0.4) is 0 Å². The van der Waals surface area contributed by atoms with E-state index in [4.69, 9.17) is 0 Å². The van der Waals surface area contributed by atoms with Crippen LogP contribution in [0.1, 0.15) is 36.7 Å². The standard InChI is InChI=1S/C18H19BrOS/c1-18(2,3)14-10-8-13(9-11-14)16(20)12-21-17-7-5-4-6-15(17)19/h4-11H,12H2,1-3H3. The van der Waals surface area contributed by atoms with E-state index in [1.807, 2.05) is 36.4 Å². The number of halogens is 1. The minimum absolute atomic E-state index is 0.116. The smallest absolute Gasteiger partial charge is 0.173 e. The SMILES string of the molecule is CC(C)(C)c1ccc(C(=O)CSc2ccccc2Br)cc1. The van der Waals surface area contributed by atoms with Gasteiger partial charge in [-0.1, -0.05) is 57.2 Å². The van der Waals surface area contributed by atoms with E-state index in [1.54, 1.807) is 11.8 Å². The number of carbonyl (C=O) groups is 1. The van der Waals surface area contributed by atoms with Gasteiger partial charge in [0.05, 0.1) is 5.75 Å². The van der Waals surface area contributed by atoms with Gasteiger partial charge in [-0.2, -0.15) is 0 Å². The monoisotopic (exact) mass is 362 g/mol. The van der Waals surface area contributed by atoms with Gasteiger partial charge < -0.3 is 0 Å². The highest BCUT2D eigenvalue weighted by Crippen LogP contribution is 2.28. The lowest BCUT2D eigenvalue weighted by atomic mass is 9.86. The molecule has 2 aromatic rings. The fraction of sp³-hybridized carbons (Fsp3) is 0.278. The molecule has 0 fully saturated rings. The maximum absolute atomic E-state index is 12.3. The number of thioether (sulfide) groups is 1. The van der Waals surface area contributed by atoms with Crippen LogP contribution in [0.4, 0.5) is 0 Å². The number of rotatable bonds is 4. The molecule has 0 atom stereocenters. The first-order valence-electron chi connectivity index (χ1n) is 6.89. The third-order valence-electron chi connectivity index (χ3n) is 3.27. The molecule has 0 spiro atoms. The van der Waals surface area contributed by atoms with E-state index in [9.17, 15) is 4.79 Å². The van der Waals surface area contributed by atoms with Gasteiger partial charge in [0.2, 0.25) is 0 Å². The molecule has 0 radical (unpaired) electrons. The predicted molar refractivity (Wildman–Crippen MR) is 94.3 cm³/mol. The fourth-order valence-corrected chi connectivity index (χ4v) is 3.41. The van der Waals surface area contributed by atoms with Crippen LogP contribution in [-0.4, -0.2) is 11.5 Å². The predicted octanol–water partition coefficient (Wildman–Crippen LogP) is 5.72. The largest absolute Gasteiger partial charge is 0.293 e. The van der Waals surface area contributed by atoms with Gasteiger partial charge in [0.15, 0.2) is 5.78 Å². The van der Waals surface area contributed by atoms with Crippen molar-refractivity contribution in [3.63, 3.8) is 0 Å². The maximum Gasteiger partial charge on any atom is 0.173 e. The van der Waals surface area contributed by atoms with Gasteiger partial charge in [-0.05, 0) is 39.0 Å². The molecule has 0 aromatic heterocycles. The summed E-state index contributed by atoms with van der Waals surface area (Å²) in [5.41, 5.74) is 2.14. The summed E-state index contributed by atoms with van der Waals surface area (Å²) in [6.07, 6.45) is 0. The minimum atomic E-state index is 0.116. The Morgan fingerprint density at radius 3 is 2.24 bits per heavy atom. The molecule has 0 aliphatic carbocycles. The molecule has 0 N–H and O–H groups in total. The Morgan fingerprint density at radius 1 is 1.05 bits per heavy atom. The highest BCUT2D eigenvalue weighted by atomic mass is 79.9. The Balaban J connectivity index is 2.03. The van der Waals surface area contributed by atoms with E-state index < -0.39 is 0 Å². The zero-order valence-electron chi connectivity index (χ0n) is 12.5. The average Bonchev–Trinajstić information content (AvgIpc) is 2.45. The van der Waals surface area contributed by atoms with Crippen molar-refractivity contribution in [3.05, 3.63) is 64.1 Å². The summed E-state index contributed by atoms with van der Waals surface area (Å²) in [5, 5.41) is 0. The molecule has 0 unspecified atom stereocenters. The first kappa shape index (κ1) is 16.3. The molecule has 0 heterocycles. The van der Waals surface area contributed by atoms with Crippen LogP contribution in [0.15, 0.2) is 57.9 Å². The van der Waals surface area contributed by atoms with E-state index in [0.29, 0.717) is 5.75 Å². The number of Topliss-reactive ketones (excluding diaryl/α,β-unsaturated/α-hetero) is 1. The molecule has 3 heteroatoms. The van der Waals surface area contributed by atoms with Crippen molar-refractivity contribution in [2.75, 3.05) is 5.75 Å². The molecule has 0 bridgehead atoms. The molecular weight excluding hydrogens is 344 g/mol. The zero-order chi connectivity index (χ0) is 15.5. The summed E-state index contributed by atoms with van der Waals surface area (Å²) in [5.74, 6) is 0.619. The third kappa shape index (κ3) is 4.45. The van der Waals surface area contributed by atoms with Gasteiger partial charge >= 0.3 is 0 Å². The average molecular weight is 363 g/mol. The van der Waals surface area contributed by atoms with Crippen LogP contribution in [0.25, 0.3) is 0 Å². The van der Waals surface area contributed by atoms with Crippen LogP contribution in [0.2, 0.25) is 0 Å². The first-order valence-corrected chi connectivity index (χ1v) is 8.67. The first-order chi connectivity index (χ1) is 9.88. The summed E-state index contributed by atoms with van der Waals surface area (Å²) >= 11 is 5.07. The number of ketones is 1. The van der Waals surface area contributed by atoms with Crippen LogP contribution in [-0.2, 0) is 5.41 Å². The Labute approximate surface area is 139 Å². The van der Waals surface area contributed by atoms with Crippen LogP contribution in [0.5, 0.6) is 0 Å². The molecule has 110 valence electrons. The van der Waals surface area contributed by atoms with E-state index in [0.717, 1.165) is 14.9 Å². The number of carbonyl (C=O) groups excluding carboxylic acids is 1. The third-order valence-corrected chi connectivity index (χ3v) is 5.30. The molecular formula is C18H19BrOS. The number of benzene rings is 2. The van der Waals surface area contributed by atoms with Gasteiger partial charge in [-0.3, -0.25) is 4.79 Å². The number of hydrogen-bond donors (Lipinski definition) is 0. The van der Waals surface area contributed by atoms with Gasteiger partial charge in [0, 0.05) is 14.9 Å². The fourth-order valence-electron chi connectivity index (χ4n) is 1.94. The molecule has 21 heavy (non-hydrogen) atoms. The molecule has 0 amide bonds. The molecule has 0 saturated carbocycles. The summed E-state index contributed by atoms with van der Waals surface area (Å²) in [6, 6.07) is 15.9. The van der Waals surface area contributed by atoms with Crippen LogP contribution in [0, 0.1) is 0 Å². The summed E-state index contributed by atoms with van der Waals surface area (Å²) in [7, 11) is 0. The van der Waals surface area contributed by atoms with Crippen molar-refractivity contribution in [1.82, 2.24) is 0 Å². The molecule has 2 rings (SSSR count). The van der Waals surface area contributed by atoms with E-state index in [2.05, 4.69) is 48.8 Å². The second kappa shape index (κ2) is 6.80. The minimum Gasteiger partial charge on any atom is -0.293 e. The van der Waals surface area contributed by atoms with Crippen molar-refractivity contribution in [3.8, 4) is 0 Å². The lowest BCUT2D eigenvalue weighted by Gasteiger charge is -2.18. The Hall–Kier alpha value is -1.06. The molecule has 0 saturated heterocycles. The highest BCUT2D eigenvalue weighted by Gasteiger charge is 2.14. The Bertz CT molecular complexity index is 626. The summed E-state index contributed by atoms with van der Waals surface area (Å²) in [4.78, 5) is 13.3. The topological polar surface area (TPSA) is 17.1 Å². The van der Waals surface area contributed by atoms with Crippen molar-refractivity contribution in [2.45, 2.75) is 31.1 Å². The Morgan fingerprint density at radius 2 is 1.67 bits per heavy atom. The van der Waals surface area contributed by atoms with Crippen molar-refractivity contribution in [2.24, 2.45) is 0 Å². The van der Waals surface area contributed by atoms with Crippen molar-refractivity contribution < 1.29 is 4.79 Å². The van der Waals surface area contributed by atoms with Crippen LogP contribution < -0.4 is 0 Å². The molecule has 0 aliphatic rings. The second-order valence-electron chi connectivity index (χ2n) is 5.97. The van der Waals surface area contributed by atoms with Gasteiger partial charge in [-0.15, -0.1) is 11.8 Å². The van der Waals surface area contributed by atoms with Gasteiger partial charge in [0.25, 0.3) is 0 Å². The molecule has 1 nitrogen and oxygen atoms in total. The number of hydrogen-bond acceptors (Lipinski definition) is 2. The normalized spacial score (nSPS) is 11.4. The maximum atomic E-state index is 12.3. The summed E-state index contributed by atoms with van der Waals surface area (Å²) < 4.78 is 1.03. The van der Waals surface area contributed by atoms with E-state index in [-0.39, 0.29) is 11.2 Å². The quantitative estimate of drug-likeness (QED) is 0.510. The molecule has 2 aromatic carbocycles. The lowest BCUT2D eigenvalue weighted by molar-refractivity contribution is 0.102. The lowest BCUT2D eigenvalue weighted by Crippen LogP contribution is -2.11. The van der Waals surface area contributed by atoms with Crippen molar-refractivity contribution in [1.29, 1.82) is 0 Å². The highest BCUT2D eigenvalue weighted by molar-refractivity contribution is 9.10. The van der Waals surface area contributed by atoms with E-state index >= 15 is 0 Å². The Kier molecular flexibility index (Phi) is 5.28. The zero-order valence-corrected chi connectivity index (χ0v) is 14.9. The van der Waals surface area contributed by atoms with E-state index in [1.165, 1.54) is 5.56 Å². The van der Waals surface area contributed by atoms with Gasteiger partial charge in [-0.25, -0.2) is 0 Å². The second-order valence-corrected chi connectivity index (χ2v) is 7.84. The van der Waals surface area contributed by atoms with Gasteiger partial charge in [0.1, 0.15) is 0 Å².